The summed E-state index contributed by atoms with van der Waals surface area (Å²) in [5, 5.41) is 14.4. The number of benzene rings is 1. The lowest BCUT2D eigenvalue weighted by Gasteiger charge is -2.11. The number of pyridine rings is 1. The summed E-state index contributed by atoms with van der Waals surface area (Å²) in [5.74, 6) is -1.31. The van der Waals surface area contributed by atoms with Gasteiger partial charge in [0, 0.05) is 12.2 Å². The molecule has 0 fully saturated rings. The third-order valence-electron chi connectivity index (χ3n) is 3.14. The largest absolute Gasteiger partial charge is 0.550 e. The molecular formula is C16H12ClF3N3O2-. The van der Waals surface area contributed by atoms with Crippen molar-refractivity contribution < 1.29 is 23.1 Å². The predicted octanol–water partition coefficient (Wildman–Crippen LogP) is 3.10. The predicted molar refractivity (Wildman–Crippen MR) is 85.1 cm³/mol. The third kappa shape index (κ3) is 5.46. The highest BCUT2D eigenvalue weighted by molar-refractivity contribution is 6.33. The first-order valence-electron chi connectivity index (χ1n) is 7.08. The summed E-state index contributed by atoms with van der Waals surface area (Å²) in [6.07, 6.45) is -4.11. The Morgan fingerprint density at radius 3 is 2.48 bits per heavy atom. The fraction of sp³-hybridized carbons (Fsp3) is 0.188. The van der Waals surface area contributed by atoms with Crippen molar-refractivity contribution in [1.29, 1.82) is 0 Å². The Labute approximate surface area is 146 Å². The van der Waals surface area contributed by atoms with Gasteiger partial charge in [-0.25, -0.2) is 4.98 Å². The van der Waals surface area contributed by atoms with Gasteiger partial charge in [0.05, 0.1) is 16.3 Å². The quantitative estimate of drug-likeness (QED) is 0.626. The first-order valence-corrected chi connectivity index (χ1v) is 7.45. The second-order valence-corrected chi connectivity index (χ2v) is 5.37. The van der Waals surface area contributed by atoms with Gasteiger partial charge >= 0.3 is 6.18 Å². The smallest absolute Gasteiger partial charge is 0.417 e. The Morgan fingerprint density at radius 2 is 1.92 bits per heavy atom. The van der Waals surface area contributed by atoms with E-state index in [0.29, 0.717) is 17.5 Å². The van der Waals surface area contributed by atoms with Crippen LogP contribution in [-0.4, -0.2) is 16.7 Å². The molecule has 0 aliphatic heterocycles. The Hall–Kier alpha value is -2.61. The first-order chi connectivity index (χ1) is 11.8. The molecule has 1 N–H and O–H groups in total. The van der Waals surface area contributed by atoms with Crippen molar-refractivity contribution in [1.82, 2.24) is 4.98 Å². The fourth-order valence-corrected chi connectivity index (χ4v) is 2.12. The molecule has 0 saturated heterocycles. The number of hydrogen-bond donors (Lipinski definition) is 1. The maximum Gasteiger partial charge on any atom is 0.417 e. The third-order valence-corrected chi connectivity index (χ3v) is 3.43. The van der Waals surface area contributed by atoms with E-state index in [1.807, 2.05) is 0 Å². The van der Waals surface area contributed by atoms with Crippen LogP contribution in [0.15, 0.2) is 47.7 Å². The molecule has 2 rings (SSSR count). The molecule has 0 spiro atoms. The number of nitrogens with zero attached hydrogens (tertiary/aromatic N) is 2. The summed E-state index contributed by atoms with van der Waals surface area (Å²) >= 11 is 5.79. The second kappa shape index (κ2) is 7.98. The van der Waals surface area contributed by atoms with Gasteiger partial charge in [-0.3, -0.25) is 5.43 Å². The van der Waals surface area contributed by atoms with E-state index in [1.54, 1.807) is 30.3 Å². The molecule has 0 aliphatic rings. The molecule has 25 heavy (non-hydrogen) atoms. The van der Waals surface area contributed by atoms with Crippen LogP contribution in [0.4, 0.5) is 19.0 Å². The number of halogens is 4. The van der Waals surface area contributed by atoms with Gasteiger partial charge < -0.3 is 9.90 Å². The van der Waals surface area contributed by atoms with Crippen molar-refractivity contribution in [3.8, 4) is 0 Å². The van der Waals surface area contributed by atoms with Crippen molar-refractivity contribution in [2.45, 2.75) is 19.0 Å². The van der Waals surface area contributed by atoms with Crippen molar-refractivity contribution >= 4 is 29.1 Å². The molecule has 0 unspecified atom stereocenters. The van der Waals surface area contributed by atoms with Gasteiger partial charge in [-0.2, -0.15) is 18.3 Å². The first kappa shape index (κ1) is 18.7. The minimum absolute atomic E-state index is 0.0671. The van der Waals surface area contributed by atoms with E-state index in [1.165, 1.54) is 0 Å². The monoisotopic (exact) mass is 370 g/mol. The van der Waals surface area contributed by atoms with Crippen LogP contribution in [0.5, 0.6) is 0 Å². The van der Waals surface area contributed by atoms with Gasteiger partial charge in [0.25, 0.3) is 0 Å². The molecule has 0 saturated carbocycles. The van der Waals surface area contributed by atoms with Crippen LogP contribution < -0.4 is 10.5 Å². The zero-order chi connectivity index (χ0) is 18.4. The Bertz CT molecular complexity index is 780. The number of carboxylic acid groups (broad SMARTS) is 1. The number of aromatic nitrogens is 1. The van der Waals surface area contributed by atoms with Crippen LogP contribution in [-0.2, 0) is 11.0 Å². The molecule has 0 amide bonds. The normalized spacial score (nSPS) is 12.1. The second-order valence-electron chi connectivity index (χ2n) is 4.96. The summed E-state index contributed by atoms with van der Waals surface area (Å²) in [7, 11) is 0. The highest BCUT2D eigenvalue weighted by atomic mass is 35.5. The SMILES string of the molecule is O=C([O-])CC/C(=N/Nc1ncc(C(F)(F)F)cc1Cl)c1ccccc1. The lowest BCUT2D eigenvalue weighted by Crippen LogP contribution is -2.23. The van der Waals surface area contributed by atoms with Crippen molar-refractivity contribution in [3.05, 3.63) is 58.7 Å². The minimum atomic E-state index is -4.55. The lowest BCUT2D eigenvalue weighted by atomic mass is 10.1. The van der Waals surface area contributed by atoms with Crippen molar-refractivity contribution in [2.75, 3.05) is 5.43 Å². The molecule has 0 bridgehead atoms. The molecule has 1 aromatic carbocycles. The highest BCUT2D eigenvalue weighted by Crippen LogP contribution is 2.32. The van der Waals surface area contributed by atoms with E-state index >= 15 is 0 Å². The number of alkyl halides is 3. The van der Waals surface area contributed by atoms with E-state index < -0.39 is 17.7 Å². The summed E-state index contributed by atoms with van der Waals surface area (Å²) in [6.45, 7) is 0. The van der Waals surface area contributed by atoms with Crippen molar-refractivity contribution in [3.63, 3.8) is 0 Å². The molecule has 0 atom stereocenters. The number of carbonyl (C=O) groups excluding carboxylic acids is 1. The number of carbonyl (C=O) groups is 1. The van der Waals surface area contributed by atoms with Crippen LogP contribution in [0.3, 0.4) is 0 Å². The van der Waals surface area contributed by atoms with Crippen LogP contribution in [0.1, 0.15) is 24.0 Å². The van der Waals surface area contributed by atoms with Crippen LogP contribution in [0, 0.1) is 0 Å². The molecule has 1 aromatic heterocycles. The van der Waals surface area contributed by atoms with Crippen LogP contribution in [0.2, 0.25) is 5.02 Å². The van der Waals surface area contributed by atoms with Gasteiger partial charge in [-0.1, -0.05) is 41.9 Å². The fourth-order valence-electron chi connectivity index (χ4n) is 1.91. The van der Waals surface area contributed by atoms with Gasteiger partial charge in [-0.05, 0) is 24.5 Å². The number of hydrogen-bond acceptors (Lipinski definition) is 5. The number of carboxylic acids is 1. The van der Waals surface area contributed by atoms with E-state index in [9.17, 15) is 23.1 Å². The van der Waals surface area contributed by atoms with Crippen molar-refractivity contribution in [2.24, 2.45) is 5.10 Å². The standard InChI is InChI=1S/C16H13ClF3N3O2/c17-12-8-11(16(18,19)20)9-21-15(12)23-22-13(6-7-14(24)25)10-4-2-1-3-5-10/h1-5,8-9H,6-7H2,(H,21,23)(H,24,25)/p-1/b22-13-. The van der Waals surface area contributed by atoms with E-state index in [0.717, 1.165) is 6.07 Å². The highest BCUT2D eigenvalue weighted by Gasteiger charge is 2.31. The Balaban J connectivity index is 2.24. The summed E-state index contributed by atoms with van der Waals surface area (Å²) in [4.78, 5) is 14.3. The molecule has 2 aromatic rings. The number of hydrazone groups is 1. The Kier molecular flexibility index (Phi) is 5.97. The molecule has 9 heteroatoms. The van der Waals surface area contributed by atoms with Crippen LogP contribution in [0.25, 0.3) is 0 Å². The summed E-state index contributed by atoms with van der Waals surface area (Å²) in [6, 6.07) is 9.44. The van der Waals surface area contributed by atoms with Crippen LogP contribution >= 0.6 is 11.6 Å². The summed E-state index contributed by atoms with van der Waals surface area (Å²) < 4.78 is 37.8. The molecule has 5 nitrogen and oxygen atoms in total. The maximum absolute atomic E-state index is 12.6. The number of aliphatic carboxylic acids is 1. The number of anilines is 1. The average Bonchev–Trinajstić information content (AvgIpc) is 2.55. The van der Waals surface area contributed by atoms with E-state index in [2.05, 4.69) is 15.5 Å². The van der Waals surface area contributed by atoms with Gasteiger partial charge in [0.2, 0.25) is 0 Å². The molecule has 1 heterocycles. The maximum atomic E-state index is 12.6. The Morgan fingerprint density at radius 1 is 1.24 bits per heavy atom. The molecule has 0 radical (unpaired) electrons. The van der Waals surface area contributed by atoms with E-state index in [4.69, 9.17) is 11.6 Å². The summed E-state index contributed by atoms with van der Waals surface area (Å²) in [5.41, 5.74) is 2.53. The molecular weight excluding hydrogens is 359 g/mol. The van der Waals surface area contributed by atoms with E-state index in [-0.39, 0.29) is 23.7 Å². The molecule has 0 aliphatic carbocycles. The average molecular weight is 371 g/mol. The lowest BCUT2D eigenvalue weighted by molar-refractivity contribution is -0.305. The number of rotatable bonds is 6. The minimum Gasteiger partial charge on any atom is -0.550 e. The van der Waals surface area contributed by atoms with Gasteiger partial charge in [0.1, 0.15) is 0 Å². The topological polar surface area (TPSA) is 77.4 Å². The van der Waals surface area contributed by atoms with Gasteiger partial charge in [-0.15, -0.1) is 0 Å². The zero-order valence-corrected chi connectivity index (χ0v) is 13.4. The van der Waals surface area contributed by atoms with Gasteiger partial charge in [0.15, 0.2) is 5.82 Å². The number of nitrogens with one attached hydrogen (secondary N) is 1. The zero-order valence-electron chi connectivity index (χ0n) is 12.7. The molecule has 132 valence electrons.